The second-order valence-electron chi connectivity index (χ2n) is 5.48. The summed E-state index contributed by atoms with van der Waals surface area (Å²) >= 11 is 7.32. The van der Waals surface area contributed by atoms with E-state index < -0.39 is 23.3 Å². The fourth-order valence-electron chi connectivity index (χ4n) is 2.49. The number of anilines is 1. The van der Waals surface area contributed by atoms with Crippen LogP contribution in [0, 0.1) is 0 Å². The quantitative estimate of drug-likeness (QED) is 0.575. The number of amides is 1. The van der Waals surface area contributed by atoms with Crippen LogP contribution in [0.2, 0.25) is 5.02 Å². The molecule has 0 bridgehead atoms. The van der Waals surface area contributed by atoms with Gasteiger partial charge in [0.05, 0.1) is 17.4 Å². The van der Waals surface area contributed by atoms with Crippen LogP contribution in [0.3, 0.4) is 0 Å². The average molecular weight is 412 g/mol. The Morgan fingerprint density at radius 3 is 2.59 bits per heavy atom. The lowest BCUT2D eigenvalue weighted by Gasteiger charge is -2.13. The molecular formula is C18H13ClF3N3OS. The van der Waals surface area contributed by atoms with Gasteiger partial charge in [-0.2, -0.15) is 18.3 Å². The molecular weight excluding hydrogens is 399 g/mol. The molecule has 0 atom stereocenters. The largest absolute Gasteiger partial charge is 0.434 e. The van der Waals surface area contributed by atoms with E-state index in [1.54, 1.807) is 18.2 Å². The van der Waals surface area contributed by atoms with Crippen molar-refractivity contribution in [2.45, 2.75) is 11.1 Å². The summed E-state index contributed by atoms with van der Waals surface area (Å²) in [6, 6.07) is 12.6. The predicted molar refractivity (Wildman–Crippen MR) is 99.8 cm³/mol. The van der Waals surface area contributed by atoms with Crippen LogP contribution < -0.4 is 5.32 Å². The fourth-order valence-corrected chi connectivity index (χ4v) is 3.13. The van der Waals surface area contributed by atoms with Crippen LogP contribution in [-0.4, -0.2) is 21.9 Å². The Morgan fingerprint density at radius 2 is 1.93 bits per heavy atom. The molecule has 1 aromatic heterocycles. The highest BCUT2D eigenvalue weighted by molar-refractivity contribution is 7.98. The molecule has 0 saturated carbocycles. The molecule has 27 heavy (non-hydrogen) atoms. The smallest absolute Gasteiger partial charge is 0.322 e. The van der Waals surface area contributed by atoms with E-state index >= 15 is 0 Å². The second-order valence-corrected chi connectivity index (χ2v) is 6.80. The lowest BCUT2D eigenvalue weighted by molar-refractivity contribution is -0.143. The highest BCUT2D eigenvalue weighted by Gasteiger charge is 2.40. The molecule has 2 aromatic carbocycles. The number of aromatic nitrogens is 2. The summed E-state index contributed by atoms with van der Waals surface area (Å²) in [6.07, 6.45) is -2.03. The Labute approximate surface area is 162 Å². The van der Waals surface area contributed by atoms with Crippen LogP contribution >= 0.6 is 23.4 Å². The molecule has 1 amide bonds. The van der Waals surface area contributed by atoms with E-state index in [9.17, 15) is 18.0 Å². The molecule has 4 nitrogen and oxygen atoms in total. The van der Waals surface area contributed by atoms with Crippen LogP contribution in [0.5, 0.6) is 0 Å². The van der Waals surface area contributed by atoms with Crippen LogP contribution in [0.4, 0.5) is 18.9 Å². The third-order valence-corrected chi connectivity index (χ3v) is 4.62. The minimum absolute atomic E-state index is 0.109. The van der Waals surface area contributed by atoms with Crippen molar-refractivity contribution >= 4 is 35.0 Å². The van der Waals surface area contributed by atoms with Crippen molar-refractivity contribution in [1.82, 2.24) is 9.78 Å². The maximum atomic E-state index is 13.7. The van der Waals surface area contributed by atoms with Gasteiger partial charge in [-0.1, -0.05) is 23.7 Å². The van der Waals surface area contributed by atoms with Gasteiger partial charge in [0.2, 0.25) is 0 Å². The van der Waals surface area contributed by atoms with Gasteiger partial charge in [0.15, 0.2) is 5.69 Å². The zero-order valence-corrected chi connectivity index (χ0v) is 15.5. The van der Waals surface area contributed by atoms with E-state index in [4.69, 9.17) is 11.6 Å². The molecule has 0 aliphatic rings. The van der Waals surface area contributed by atoms with Gasteiger partial charge in [-0.25, -0.2) is 4.68 Å². The molecule has 0 aliphatic carbocycles. The number of hydrogen-bond acceptors (Lipinski definition) is 3. The molecule has 140 valence electrons. The number of nitrogens with one attached hydrogen (secondary N) is 1. The topological polar surface area (TPSA) is 46.9 Å². The zero-order chi connectivity index (χ0) is 19.6. The van der Waals surface area contributed by atoms with E-state index in [0.29, 0.717) is 10.4 Å². The second kappa shape index (κ2) is 7.66. The summed E-state index contributed by atoms with van der Waals surface area (Å²) in [5, 5.41) is 6.51. The van der Waals surface area contributed by atoms with Crippen molar-refractivity contribution in [3.05, 3.63) is 71.0 Å². The number of thioether (sulfide) groups is 1. The Morgan fingerprint density at radius 1 is 1.19 bits per heavy atom. The molecule has 1 N–H and O–H groups in total. The zero-order valence-electron chi connectivity index (χ0n) is 13.9. The maximum Gasteiger partial charge on any atom is 0.434 e. The minimum atomic E-state index is -4.79. The SMILES string of the molecule is CSc1cccc(NC(=O)c2cnn(-c3cccc(Cl)c3)c2C(F)(F)F)c1. The first kappa shape index (κ1) is 19.3. The first-order chi connectivity index (χ1) is 12.8. The summed E-state index contributed by atoms with van der Waals surface area (Å²) in [6.45, 7) is 0. The molecule has 0 fully saturated rings. The van der Waals surface area contributed by atoms with Gasteiger partial charge in [-0.05, 0) is 42.7 Å². The molecule has 3 aromatic rings. The number of benzene rings is 2. The van der Waals surface area contributed by atoms with Gasteiger partial charge in [-0.3, -0.25) is 4.79 Å². The van der Waals surface area contributed by atoms with Crippen LogP contribution in [0.1, 0.15) is 16.1 Å². The van der Waals surface area contributed by atoms with E-state index in [1.807, 2.05) is 12.3 Å². The fraction of sp³-hybridized carbons (Fsp3) is 0.111. The Hall–Kier alpha value is -2.45. The summed E-state index contributed by atoms with van der Waals surface area (Å²) < 4.78 is 41.7. The third kappa shape index (κ3) is 4.28. The minimum Gasteiger partial charge on any atom is -0.322 e. The third-order valence-electron chi connectivity index (χ3n) is 3.66. The van der Waals surface area contributed by atoms with E-state index in [0.717, 1.165) is 11.1 Å². The van der Waals surface area contributed by atoms with E-state index in [2.05, 4.69) is 10.4 Å². The van der Waals surface area contributed by atoms with E-state index in [1.165, 1.54) is 36.0 Å². The Kier molecular flexibility index (Phi) is 5.48. The molecule has 0 unspecified atom stereocenters. The van der Waals surface area contributed by atoms with Crippen molar-refractivity contribution in [1.29, 1.82) is 0 Å². The van der Waals surface area contributed by atoms with Crippen molar-refractivity contribution in [3.8, 4) is 5.69 Å². The number of hydrogen-bond donors (Lipinski definition) is 1. The van der Waals surface area contributed by atoms with Crippen molar-refractivity contribution < 1.29 is 18.0 Å². The lowest BCUT2D eigenvalue weighted by Crippen LogP contribution is -2.20. The van der Waals surface area contributed by atoms with Gasteiger partial charge >= 0.3 is 6.18 Å². The molecule has 0 saturated heterocycles. The summed E-state index contributed by atoms with van der Waals surface area (Å²) in [4.78, 5) is 13.4. The Balaban J connectivity index is 2.01. The highest BCUT2D eigenvalue weighted by atomic mass is 35.5. The number of carbonyl (C=O) groups is 1. The number of alkyl halides is 3. The molecule has 9 heteroatoms. The van der Waals surface area contributed by atoms with Crippen molar-refractivity contribution in [2.24, 2.45) is 0 Å². The van der Waals surface area contributed by atoms with Crippen LogP contribution in [0.25, 0.3) is 5.69 Å². The molecule has 0 aliphatic heterocycles. The summed E-state index contributed by atoms with van der Waals surface area (Å²) in [7, 11) is 0. The van der Waals surface area contributed by atoms with Crippen molar-refractivity contribution in [3.63, 3.8) is 0 Å². The number of rotatable bonds is 4. The van der Waals surface area contributed by atoms with Gasteiger partial charge in [0.1, 0.15) is 0 Å². The standard InChI is InChI=1S/C18H13ClF3N3OS/c1-27-14-7-3-5-12(9-14)24-17(26)15-10-23-25(16(15)18(20,21)22)13-6-2-4-11(19)8-13/h2-10H,1H3,(H,24,26). The van der Waals surface area contributed by atoms with Crippen molar-refractivity contribution in [2.75, 3.05) is 11.6 Å². The van der Waals surface area contributed by atoms with Gasteiger partial charge in [0, 0.05) is 15.6 Å². The molecule has 3 rings (SSSR count). The van der Waals surface area contributed by atoms with E-state index in [-0.39, 0.29) is 10.7 Å². The van der Waals surface area contributed by atoms with Gasteiger partial charge < -0.3 is 5.32 Å². The monoisotopic (exact) mass is 411 g/mol. The highest BCUT2D eigenvalue weighted by Crippen LogP contribution is 2.34. The normalized spacial score (nSPS) is 11.4. The van der Waals surface area contributed by atoms with Crippen LogP contribution in [0.15, 0.2) is 59.6 Å². The van der Waals surface area contributed by atoms with Gasteiger partial charge in [-0.15, -0.1) is 11.8 Å². The van der Waals surface area contributed by atoms with Crippen LogP contribution in [-0.2, 0) is 6.18 Å². The first-order valence-corrected chi connectivity index (χ1v) is 9.26. The summed E-state index contributed by atoms with van der Waals surface area (Å²) in [5.41, 5.74) is -1.23. The number of carbonyl (C=O) groups excluding carboxylic acids is 1. The molecule has 0 spiro atoms. The maximum absolute atomic E-state index is 13.7. The predicted octanol–water partition coefficient (Wildman–Crippen LogP) is 5.52. The number of nitrogens with zero attached hydrogens (tertiary/aromatic N) is 2. The number of halogens is 4. The lowest BCUT2D eigenvalue weighted by atomic mass is 10.2. The average Bonchev–Trinajstić information content (AvgIpc) is 3.07. The molecule has 1 heterocycles. The first-order valence-electron chi connectivity index (χ1n) is 7.66. The van der Waals surface area contributed by atoms with Gasteiger partial charge in [0.25, 0.3) is 5.91 Å². The Bertz CT molecular complexity index is 988. The molecule has 0 radical (unpaired) electrons. The summed E-state index contributed by atoms with van der Waals surface area (Å²) in [5.74, 6) is -0.895.